The minimum Gasteiger partial charge on any atom is -0.476 e. The zero-order valence-electron chi connectivity index (χ0n) is 11.8. The van der Waals surface area contributed by atoms with Crippen molar-refractivity contribution in [1.29, 1.82) is 0 Å². The molecule has 1 fully saturated rings. The summed E-state index contributed by atoms with van der Waals surface area (Å²) in [6.07, 6.45) is 3.94. The monoisotopic (exact) mass is 279 g/mol. The summed E-state index contributed by atoms with van der Waals surface area (Å²) in [4.78, 5) is 18.1. The van der Waals surface area contributed by atoms with Gasteiger partial charge in [0.15, 0.2) is 0 Å². The fourth-order valence-electron chi connectivity index (χ4n) is 2.20. The number of nitrogens with two attached hydrogens (primary N) is 1. The van der Waals surface area contributed by atoms with Crippen LogP contribution < -0.4 is 10.5 Å². The van der Waals surface area contributed by atoms with E-state index >= 15 is 0 Å². The van der Waals surface area contributed by atoms with Gasteiger partial charge in [0.05, 0.1) is 24.1 Å². The molecule has 0 aliphatic carbocycles. The second-order valence-corrected chi connectivity index (χ2v) is 4.73. The van der Waals surface area contributed by atoms with Crippen molar-refractivity contribution in [3.8, 4) is 5.88 Å². The summed E-state index contributed by atoms with van der Waals surface area (Å²) in [5.74, 6) is -0.0433. The Bertz CT molecular complexity index is 459. The van der Waals surface area contributed by atoms with E-state index in [2.05, 4.69) is 9.88 Å². The van der Waals surface area contributed by atoms with Crippen molar-refractivity contribution in [2.45, 2.75) is 19.8 Å². The lowest BCUT2D eigenvalue weighted by molar-refractivity contribution is 0.0527. The van der Waals surface area contributed by atoms with E-state index in [4.69, 9.17) is 15.2 Å². The normalized spacial score (nSPS) is 15.2. The molecule has 2 heterocycles. The predicted molar refractivity (Wildman–Crippen MR) is 75.8 cm³/mol. The third-order valence-electron chi connectivity index (χ3n) is 3.26. The lowest BCUT2D eigenvalue weighted by Crippen LogP contribution is -2.25. The first-order chi connectivity index (χ1) is 9.70. The molecule has 0 saturated carbocycles. The predicted octanol–water partition coefficient (Wildman–Crippen LogP) is 1.32. The molecule has 0 radical (unpaired) electrons. The SMILES string of the molecule is CCOC(=O)c1cc(OCCN2CCCC2)ncc1N. The average Bonchev–Trinajstić information content (AvgIpc) is 2.94. The van der Waals surface area contributed by atoms with E-state index in [0.717, 1.165) is 19.6 Å². The first-order valence-electron chi connectivity index (χ1n) is 6.98. The maximum atomic E-state index is 11.7. The van der Waals surface area contributed by atoms with Gasteiger partial charge in [0.25, 0.3) is 0 Å². The summed E-state index contributed by atoms with van der Waals surface area (Å²) < 4.78 is 10.5. The lowest BCUT2D eigenvalue weighted by Gasteiger charge is -2.15. The number of likely N-dealkylation sites (tertiary alicyclic amines) is 1. The third-order valence-corrected chi connectivity index (χ3v) is 3.26. The number of carbonyl (C=O) groups is 1. The molecule has 20 heavy (non-hydrogen) atoms. The third kappa shape index (κ3) is 3.84. The highest BCUT2D eigenvalue weighted by Crippen LogP contribution is 2.17. The molecule has 110 valence electrons. The number of carbonyl (C=O) groups excluding carboxylic acids is 1. The Morgan fingerprint density at radius 3 is 2.90 bits per heavy atom. The number of nitrogens with zero attached hydrogens (tertiary/aromatic N) is 2. The van der Waals surface area contributed by atoms with E-state index < -0.39 is 5.97 Å². The summed E-state index contributed by atoms with van der Waals surface area (Å²) >= 11 is 0. The molecule has 6 heteroatoms. The maximum absolute atomic E-state index is 11.7. The van der Waals surface area contributed by atoms with Crippen molar-refractivity contribution in [3.63, 3.8) is 0 Å². The van der Waals surface area contributed by atoms with Gasteiger partial charge in [-0.2, -0.15) is 0 Å². The molecule has 1 aliphatic heterocycles. The number of anilines is 1. The number of hydrogen-bond acceptors (Lipinski definition) is 6. The van der Waals surface area contributed by atoms with E-state index in [1.807, 2.05) is 0 Å². The molecule has 6 nitrogen and oxygen atoms in total. The molecular formula is C14H21N3O3. The minimum absolute atomic E-state index is 0.301. The van der Waals surface area contributed by atoms with Crippen LogP contribution in [0.4, 0.5) is 5.69 Å². The highest BCUT2D eigenvalue weighted by atomic mass is 16.5. The summed E-state index contributed by atoms with van der Waals surface area (Å²) in [5.41, 5.74) is 6.33. The fourth-order valence-corrected chi connectivity index (χ4v) is 2.20. The molecule has 1 saturated heterocycles. The van der Waals surface area contributed by atoms with Crippen molar-refractivity contribution in [2.24, 2.45) is 0 Å². The molecule has 0 amide bonds. The molecule has 0 spiro atoms. The topological polar surface area (TPSA) is 77.7 Å². The second kappa shape index (κ2) is 7.09. The Balaban J connectivity index is 1.90. The molecule has 1 aromatic heterocycles. The van der Waals surface area contributed by atoms with Crippen LogP contribution in [0.1, 0.15) is 30.1 Å². The molecule has 1 aromatic rings. The van der Waals surface area contributed by atoms with Gasteiger partial charge in [0, 0.05) is 12.6 Å². The van der Waals surface area contributed by atoms with Gasteiger partial charge in [-0.3, -0.25) is 4.90 Å². The standard InChI is InChI=1S/C14H21N3O3/c1-2-19-14(18)11-9-13(16-10-12(11)15)20-8-7-17-5-3-4-6-17/h9-10H,2-8,15H2,1H3. The van der Waals surface area contributed by atoms with Crippen LogP contribution in [0.25, 0.3) is 0 Å². The number of rotatable bonds is 6. The maximum Gasteiger partial charge on any atom is 0.340 e. The van der Waals surface area contributed by atoms with Gasteiger partial charge >= 0.3 is 5.97 Å². The van der Waals surface area contributed by atoms with Crippen LogP contribution in [-0.4, -0.2) is 48.7 Å². The van der Waals surface area contributed by atoms with Crippen LogP contribution in [-0.2, 0) is 4.74 Å². The van der Waals surface area contributed by atoms with Crippen molar-refractivity contribution < 1.29 is 14.3 Å². The van der Waals surface area contributed by atoms with E-state index in [0.29, 0.717) is 30.3 Å². The van der Waals surface area contributed by atoms with Crippen molar-refractivity contribution in [3.05, 3.63) is 17.8 Å². The first-order valence-corrected chi connectivity index (χ1v) is 6.98. The Morgan fingerprint density at radius 1 is 1.45 bits per heavy atom. The summed E-state index contributed by atoms with van der Waals surface area (Å²) in [5, 5.41) is 0. The molecule has 0 atom stereocenters. The Hall–Kier alpha value is -1.82. The van der Waals surface area contributed by atoms with Crippen LogP contribution in [0.15, 0.2) is 12.3 Å². The summed E-state index contributed by atoms with van der Waals surface area (Å²) in [6.45, 7) is 5.76. The quantitative estimate of drug-likeness (QED) is 0.791. The van der Waals surface area contributed by atoms with Gasteiger partial charge in [-0.25, -0.2) is 9.78 Å². The zero-order valence-corrected chi connectivity index (χ0v) is 11.8. The molecule has 0 bridgehead atoms. The van der Waals surface area contributed by atoms with Crippen LogP contribution in [0, 0.1) is 0 Å². The largest absolute Gasteiger partial charge is 0.476 e. The molecule has 0 aromatic carbocycles. The van der Waals surface area contributed by atoms with Gasteiger partial charge in [0.2, 0.25) is 5.88 Å². The second-order valence-electron chi connectivity index (χ2n) is 4.73. The molecule has 0 unspecified atom stereocenters. The van der Waals surface area contributed by atoms with Crippen molar-refractivity contribution >= 4 is 11.7 Å². The Morgan fingerprint density at radius 2 is 2.20 bits per heavy atom. The van der Waals surface area contributed by atoms with Crippen LogP contribution in [0.2, 0.25) is 0 Å². The van der Waals surface area contributed by atoms with E-state index in [-0.39, 0.29) is 0 Å². The van der Waals surface area contributed by atoms with E-state index in [1.54, 1.807) is 6.92 Å². The number of ether oxygens (including phenoxy) is 2. The van der Waals surface area contributed by atoms with Gasteiger partial charge < -0.3 is 15.2 Å². The van der Waals surface area contributed by atoms with E-state index in [9.17, 15) is 4.79 Å². The van der Waals surface area contributed by atoms with Gasteiger partial charge in [-0.1, -0.05) is 0 Å². The number of nitrogen functional groups attached to an aromatic ring is 1. The van der Waals surface area contributed by atoms with Crippen LogP contribution in [0.3, 0.4) is 0 Å². The smallest absolute Gasteiger partial charge is 0.340 e. The van der Waals surface area contributed by atoms with E-state index in [1.165, 1.54) is 25.1 Å². The number of esters is 1. The minimum atomic E-state index is -0.447. The van der Waals surface area contributed by atoms with Crippen LogP contribution >= 0.6 is 0 Å². The van der Waals surface area contributed by atoms with Gasteiger partial charge in [0.1, 0.15) is 6.61 Å². The number of hydrogen-bond donors (Lipinski definition) is 1. The highest BCUT2D eigenvalue weighted by molar-refractivity contribution is 5.95. The highest BCUT2D eigenvalue weighted by Gasteiger charge is 2.14. The Labute approximate surface area is 118 Å². The molecular weight excluding hydrogens is 258 g/mol. The van der Waals surface area contributed by atoms with Crippen molar-refractivity contribution in [1.82, 2.24) is 9.88 Å². The van der Waals surface area contributed by atoms with Gasteiger partial charge in [-0.05, 0) is 32.9 Å². The molecule has 1 aliphatic rings. The van der Waals surface area contributed by atoms with Crippen LogP contribution in [0.5, 0.6) is 5.88 Å². The molecule has 2 rings (SSSR count). The lowest BCUT2D eigenvalue weighted by atomic mass is 10.2. The zero-order chi connectivity index (χ0) is 14.4. The first kappa shape index (κ1) is 14.6. The van der Waals surface area contributed by atoms with Crippen molar-refractivity contribution in [2.75, 3.05) is 38.6 Å². The molecule has 2 N–H and O–H groups in total. The fraction of sp³-hybridized carbons (Fsp3) is 0.571. The number of pyridine rings is 1. The summed E-state index contributed by atoms with van der Waals surface area (Å²) in [6, 6.07) is 1.54. The Kier molecular flexibility index (Phi) is 5.17. The van der Waals surface area contributed by atoms with Gasteiger partial charge in [-0.15, -0.1) is 0 Å². The summed E-state index contributed by atoms with van der Waals surface area (Å²) in [7, 11) is 0. The number of aromatic nitrogens is 1. The average molecular weight is 279 g/mol.